The van der Waals surface area contributed by atoms with Crippen molar-refractivity contribution < 1.29 is 9.26 Å². The fraction of sp³-hybridized carbons (Fsp3) is 0.556. The van der Waals surface area contributed by atoms with Crippen LogP contribution in [0.2, 0.25) is 0 Å². The first-order valence-corrected chi connectivity index (χ1v) is 8.75. The molecule has 0 N–H and O–H groups in total. The van der Waals surface area contributed by atoms with E-state index in [1.807, 2.05) is 6.92 Å². The van der Waals surface area contributed by atoms with Crippen LogP contribution in [0.4, 0.5) is 0 Å². The zero-order chi connectivity index (χ0) is 16.4. The molecule has 0 unspecified atom stereocenters. The van der Waals surface area contributed by atoms with E-state index in [2.05, 4.69) is 50.3 Å². The summed E-state index contributed by atoms with van der Waals surface area (Å²) < 4.78 is 11.4. The quantitative estimate of drug-likeness (QED) is 0.833. The topological polar surface area (TPSA) is 54.6 Å². The van der Waals surface area contributed by atoms with Crippen LogP contribution in [0.3, 0.4) is 0 Å². The molecule has 6 heteroatoms. The molecule has 0 saturated carbocycles. The van der Waals surface area contributed by atoms with Gasteiger partial charge in [0.25, 0.3) is 0 Å². The van der Waals surface area contributed by atoms with Gasteiger partial charge in [-0.25, -0.2) is 0 Å². The molecular formula is C18H24N4O2. The van der Waals surface area contributed by atoms with Crippen molar-refractivity contribution in [2.24, 2.45) is 0 Å². The zero-order valence-electron chi connectivity index (χ0n) is 14.1. The Morgan fingerprint density at radius 1 is 1.17 bits per heavy atom. The van der Waals surface area contributed by atoms with Crippen molar-refractivity contribution in [2.45, 2.75) is 38.6 Å². The van der Waals surface area contributed by atoms with Gasteiger partial charge in [-0.2, -0.15) is 4.98 Å². The third-order valence-electron chi connectivity index (χ3n) is 4.91. The van der Waals surface area contributed by atoms with Gasteiger partial charge < -0.3 is 9.26 Å². The lowest BCUT2D eigenvalue weighted by Gasteiger charge is -2.37. The second-order valence-corrected chi connectivity index (χ2v) is 6.58. The van der Waals surface area contributed by atoms with Crippen molar-refractivity contribution in [3.05, 3.63) is 47.6 Å². The van der Waals surface area contributed by atoms with Gasteiger partial charge in [0.2, 0.25) is 5.89 Å². The highest BCUT2D eigenvalue weighted by Crippen LogP contribution is 2.25. The average Bonchev–Trinajstić information content (AvgIpc) is 3.23. The summed E-state index contributed by atoms with van der Waals surface area (Å²) >= 11 is 0. The normalized spacial score (nSPS) is 25.0. The molecule has 2 aliphatic heterocycles. The molecule has 0 spiro atoms. The number of aryl methyl sites for hydroxylation is 1. The molecule has 24 heavy (non-hydrogen) atoms. The summed E-state index contributed by atoms with van der Waals surface area (Å²) in [5.41, 5.74) is 1.36. The predicted octanol–water partition coefficient (Wildman–Crippen LogP) is 1.72. The number of likely N-dealkylation sites (tertiary alicyclic amines) is 1. The minimum atomic E-state index is 0.274. The van der Waals surface area contributed by atoms with Crippen LogP contribution in [-0.4, -0.2) is 58.3 Å². The van der Waals surface area contributed by atoms with E-state index in [1.54, 1.807) is 0 Å². The molecule has 128 valence electrons. The molecule has 1 aromatic heterocycles. The van der Waals surface area contributed by atoms with Gasteiger partial charge in [0.1, 0.15) is 0 Å². The Bertz CT molecular complexity index is 660. The number of hydrogen-bond donors (Lipinski definition) is 0. The first-order chi connectivity index (χ1) is 11.8. The summed E-state index contributed by atoms with van der Waals surface area (Å²) in [6.07, 6.45) is 1.08. The average molecular weight is 328 g/mol. The van der Waals surface area contributed by atoms with Crippen LogP contribution in [0.15, 0.2) is 34.9 Å². The number of hydrogen-bond acceptors (Lipinski definition) is 6. The monoisotopic (exact) mass is 328 g/mol. The van der Waals surface area contributed by atoms with E-state index in [0.29, 0.717) is 18.5 Å². The van der Waals surface area contributed by atoms with Crippen LogP contribution < -0.4 is 0 Å². The second-order valence-electron chi connectivity index (χ2n) is 6.58. The van der Waals surface area contributed by atoms with E-state index in [4.69, 9.17) is 9.26 Å². The molecule has 1 aromatic carbocycles. The van der Waals surface area contributed by atoms with E-state index in [0.717, 1.165) is 45.0 Å². The molecule has 3 heterocycles. The molecule has 0 aliphatic carbocycles. The molecule has 0 amide bonds. The Morgan fingerprint density at radius 2 is 2.04 bits per heavy atom. The highest BCUT2D eigenvalue weighted by atomic mass is 16.5. The lowest BCUT2D eigenvalue weighted by Crippen LogP contribution is -2.50. The summed E-state index contributed by atoms with van der Waals surface area (Å²) in [5, 5.41) is 3.98. The molecule has 6 nitrogen and oxygen atoms in total. The van der Waals surface area contributed by atoms with Gasteiger partial charge in [-0.3, -0.25) is 9.80 Å². The SMILES string of the molecule is CCc1noc(CN2C[C@H]3OCCN(Cc4ccccc4)[C@H]3C2)n1. The number of aromatic nitrogens is 2. The Balaban J connectivity index is 1.40. The molecular weight excluding hydrogens is 304 g/mol. The maximum Gasteiger partial charge on any atom is 0.240 e. The number of benzene rings is 1. The largest absolute Gasteiger partial charge is 0.374 e. The van der Waals surface area contributed by atoms with Gasteiger partial charge in [0.05, 0.1) is 25.3 Å². The third kappa shape index (κ3) is 3.36. The Hall–Kier alpha value is -1.76. The van der Waals surface area contributed by atoms with E-state index in [1.165, 1.54) is 5.56 Å². The van der Waals surface area contributed by atoms with Crippen molar-refractivity contribution in [2.75, 3.05) is 26.2 Å². The fourth-order valence-electron chi connectivity index (χ4n) is 3.67. The Kier molecular flexibility index (Phi) is 4.60. The number of rotatable bonds is 5. The molecule has 2 fully saturated rings. The van der Waals surface area contributed by atoms with Crippen LogP contribution in [0, 0.1) is 0 Å². The van der Waals surface area contributed by atoms with E-state index >= 15 is 0 Å². The van der Waals surface area contributed by atoms with Crippen LogP contribution in [-0.2, 0) is 24.2 Å². The van der Waals surface area contributed by atoms with Crippen molar-refractivity contribution in [1.82, 2.24) is 19.9 Å². The van der Waals surface area contributed by atoms with E-state index < -0.39 is 0 Å². The van der Waals surface area contributed by atoms with Gasteiger partial charge in [-0.05, 0) is 5.56 Å². The van der Waals surface area contributed by atoms with E-state index in [9.17, 15) is 0 Å². The molecule has 4 rings (SSSR count). The zero-order valence-corrected chi connectivity index (χ0v) is 14.1. The second kappa shape index (κ2) is 7.01. The van der Waals surface area contributed by atoms with Crippen LogP contribution in [0.25, 0.3) is 0 Å². The molecule has 0 bridgehead atoms. The van der Waals surface area contributed by atoms with Gasteiger partial charge in [-0.1, -0.05) is 42.4 Å². The highest BCUT2D eigenvalue weighted by molar-refractivity contribution is 5.15. The van der Waals surface area contributed by atoms with Crippen molar-refractivity contribution in [3.8, 4) is 0 Å². The number of fused-ring (bicyclic) bond motifs is 1. The fourth-order valence-corrected chi connectivity index (χ4v) is 3.67. The van der Waals surface area contributed by atoms with Gasteiger partial charge in [0.15, 0.2) is 5.82 Å². The third-order valence-corrected chi connectivity index (χ3v) is 4.91. The van der Waals surface area contributed by atoms with Gasteiger partial charge in [0, 0.05) is 32.6 Å². The van der Waals surface area contributed by atoms with Crippen LogP contribution >= 0.6 is 0 Å². The molecule has 2 atom stereocenters. The number of ether oxygens (including phenoxy) is 1. The van der Waals surface area contributed by atoms with Gasteiger partial charge >= 0.3 is 0 Å². The van der Waals surface area contributed by atoms with Crippen LogP contribution in [0.1, 0.15) is 24.2 Å². The lowest BCUT2D eigenvalue weighted by molar-refractivity contribution is -0.0504. The highest BCUT2D eigenvalue weighted by Gasteiger charge is 2.40. The smallest absolute Gasteiger partial charge is 0.240 e. The summed E-state index contributed by atoms with van der Waals surface area (Å²) in [5.74, 6) is 1.49. The maximum atomic E-state index is 6.01. The Morgan fingerprint density at radius 3 is 2.83 bits per heavy atom. The van der Waals surface area contributed by atoms with E-state index in [-0.39, 0.29) is 6.10 Å². The lowest BCUT2D eigenvalue weighted by atomic mass is 10.1. The summed E-state index contributed by atoms with van der Waals surface area (Å²) in [6.45, 7) is 7.45. The van der Waals surface area contributed by atoms with Crippen molar-refractivity contribution in [1.29, 1.82) is 0 Å². The number of nitrogens with zero attached hydrogens (tertiary/aromatic N) is 4. The maximum absolute atomic E-state index is 6.01. The first kappa shape index (κ1) is 15.7. The standard InChI is InChI=1S/C18H24N4O2/c1-2-17-19-18(24-20-17)13-21-11-15-16(12-21)23-9-8-22(15)10-14-6-4-3-5-7-14/h3-7,15-16H,2,8-13H2,1H3/t15-,16+/m0/s1. The predicted molar refractivity (Wildman–Crippen MR) is 89.3 cm³/mol. The summed E-state index contributed by atoms with van der Waals surface area (Å²) in [7, 11) is 0. The molecule has 2 aromatic rings. The molecule has 2 aliphatic rings. The molecule has 0 radical (unpaired) electrons. The van der Waals surface area contributed by atoms with Gasteiger partial charge in [-0.15, -0.1) is 0 Å². The van der Waals surface area contributed by atoms with Crippen molar-refractivity contribution >= 4 is 0 Å². The summed E-state index contributed by atoms with van der Waals surface area (Å²) in [4.78, 5) is 9.34. The summed E-state index contributed by atoms with van der Waals surface area (Å²) in [6, 6.07) is 11.1. The van der Waals surface area contributed by atoms with Crippen molar-refractivity contribution in [3.63, 3.8) is 0 Å². The first-order valence-electron chi connectivity index (χ1n) is 8.75. The Labute approximate surface area is 142 Å². The minimum absolute atomic E-state index is 0.274. The van der Waals surface area contributed by atoms with Crippen LogP contribution in [0.5, 0.6) is 0 Å². The minimum Gasteiger partial charge on any atom is -0.374 e. The molecule has 2 saturated heterocycles. The number of morpholine rings is 1.